The summed E-state index contributed by atoms with van der Waals surface area (Å²) in [4.78, 5) is 36.5. The van der Waals surface area contributed by atoms with Crippen LogP contribution < -0.4 is 0 Å². The summed E-state index contributed by atoms with van der Waals surface area (Å²) in [5.74, 6) is -2.94. The second-order valence-electron chi connectivity index (χ2n) is 6.26. The highest BCUT2D eigenvalue weighted by molar-refractivity contribution is 5.92. The number of hydrogen-bond donors (Lipinski definition) is 0. The van der Waals surface area contributed by atoms with Crippen molar-refractivity contribution in [2.24, 2.45) is 0 Å². The molecule has 0 N–H and O–H groups in total. The molecule has 3 rings (SSSR count). The normalized spacial score (nSPS) is 24.2. The SMILES string of the molecule is Cc1ccccc1C(=O)O[C@@H]1OC(=O)[C@](C)(F)[C@@H]1OC(=O)c1ccccc1. The first-order valence-electron chi connectivity index (χ1n) is 8.23. The molecule has 0 amide bonds. The van der Waals surface area contributed by atoms with Crippen LogP contribution in [0.3, 0.4) is 0 Å². The molecule has 1 fully saturated rings. The third kappa shape index (κ3) is 3.67. The van der Waals surface area contributed by atoms with Crippen LogP contribution in [0.5, 0.6) is 0 Å². The van der Waals surface area contributed by atoms with Crippen LogP contribution in [-0.2, 0) is 19.0 Å². The lowest BCUT2D eigenvalue weighted by Gasteiger charge is -2.22. The van der Waals surface area contributed by atoms with E-state index in [1.165, 1.54) is 18.2 Å². The van der Waals surface area contributed by atoms with E-state index >= 15 is 0 Å². The van der Waals surface area contributed by atoms with Gasteiger partial charge in [-0.25, -0.2) is 18.8 Å². The van der Waals surface area contributed by atoms with Crippen LogP contribution in [0.15, 0.2) is 54.6 Å². The van der Waals surface area contributed by atoms with Gasteiger partial charge in [-0.15, -0.1) is 0 Å². The minimum Gasteiger partial charge on any atom is -0.447 e. The third-order valence-corrected chi connectivity index (χ3v) is 4.24. The molecule has 1 aliphatic heterocycles. The van der Waals surface area contributed by atoms with Crippen LogP contribution in [0.4, 0.5) is 4.39 Å². The average molecular weight is 372 g/mol. The Kier molecular flexibility index (Phi) is 4.94. The molecular formula is C20H17FO6. The van der Waals surface area contributed by atoms with Gasteiger partial charge in [0.05, 0.1) is 11.1 Å². The summed E-state index contributed by atoms with van der Waals surface area (Å²) in [7, 11) is 0. The summed E-state index contributed by atoms with van der Waals surface area (Å²) in [6.07, 6.45) is -3.42. The summed E-state index contributed by atoms with van der Waals surface area (Å²) in [5.41, 5.74) is -1.63. The topological polar surface area (TPSA) is 78.9 Å². The molecule has 6 nitrogen and oxygen atoms in total. The molecule has 1 aliphatic rings. The van der Waals surface area contributed by atoms with Gasteiger partial charge in [-0.05, 0) is 37.6 Å². The molecule has 2 aromatic carbocycles. The van der Waals surface area contributed by atoms with E-state index < -0.39 is 36.0 Å². The van der Waals surface area contributed by atoms with Crippen molar-refractivity contribution in [1.82, 2.24) is 0 Å². The lowest BCUT2D eigenvalue weighted by molar-refractivity contribution is -0.161. The zero-order valence-corrected chi connectivity index (χ0v) is 14.7. The number of carbonyl (C=O) groups excluding carboxylic acids is 3. The molecule has 0 saturated carbocycles. The van der Waals surface area contributed by atoms with E-state index in [0.717, 1.165) is 6.92 Å². The van der Waals surface area contributed by atoms with Crippen molar-refractivity contribution in [1.29, 1.82) is 0 Å². The fourth-order valence-corrected chi connectivity index (χ4v) is 2.63. The summed E-state index contributed by atoms with van der Waals surface area (Å²) >= 11 is 0. The van der Waals surface area contributed by atoms with Crippen molar-refractivity contribution >= 4 is 17.9 Å². The Morgan fingerprint density at radius 3 is 2.30 bits per heavy atom. The van der Waals surface area contributed by atoms with Gasteiger partial charge in [0.25, 0.3) is 6.29 Å². The van der Waals surface area contributed by atoms with E-state index in [-0.39, 0.29) is 11.1 Å². The van der Waals surface area contributed by atoms with Crippen molar-refractivity contribution in [2.45, 2.75) is 31.9 Å². The highest BCUT2D eigenvalue weighted by Crippen LogP contribution is 2.34. The van der Waals surface area contributed by atoms with E-state index in [0.29, 0.717) is 5.56 Å². The van der Waals surface area contributed by atoms with Gasteiger partial charge in [0, 0.05) is 0 Å². The molecule has 0 spiro atoms. The second-order valence-corrected chi connectivity index (χ2v) is 6.26. The van der Waals surface area contributed by atoms with Gasteiger partial charge in [0.15, 0.2) is 0 Å². The Hall–Kier alpha value is -3.22. The van der Waals surface area contributed by atoms with E-state index in [9.17, 15) is 18.8 Å². The van der Waals surface area contributed by atoms with Crippen molar-refractivity contribution in [3.63, 3.8) is 0 Å². The first-order chi connectivity index (χ1) is 12.8. The first kappa shape index (κ1) is 18.6. The number of esters is 3. The number of aryl methyl sites for hydroxylation is 1. The zero-order chi connectivity index (χ0) is 19.6. The van der Waals surface area contributed by atoms with E-state index in [1.54, 1.807) is 43.3 Å². The Labute approximate surface area is 154 Å². The van der Waals surface area contributed by atoms with Crippen molar-refractivity contribution < 1.29 is 33.0 Å². The van der Waals surface area contributed by atoms with Crippen LogP contribution in [-0.4, -0.2) is 36.0 Å². The number of carbonyl (C=O) groups is 3. The molecule has 7 heteroatoms. The molecule has 0 radical (unpaired) electrons. The summed E-state index contributed by atoms with van der Waals surface area (Å²) < 4.78 is 29.9. The highest BCUT2D eigenvalue weighted by Gasteiger charge is 2.60. The van der Waals surface area contributed by atoms with Crippen LogP contribution in [0, 0.1) is 6.92 Å². The van der Waals surface area contributed by atoms with E-state index in [2.05, 4.69) is 0 Å². The number of cyclic esters (lactones) is 1. The molecule has 0 unspecified atom stereocenters. The zero-order valence-electron chi connectivity index (χ0n) is 14.7. The molecule has 140 valence electrons. The summed E-state index contributed by atoms with van der Waals surface area (Å²) in [6, 6.07) is 14.5. The number of halogens is 1. The predicted molar refractivity (Wildman–Crippen MR) is 91.6 cm³/mol. The third-order valence-electron chi connectivity index (χ3n) is 4.24. The van der Waals surface area contributed by atoms with Gasteiger partial charge in [-0.3, -0.25) is 0 Å². The molecule has 1 heterocycles. The molecule has 1 saturated heterocycles. The van der Waals surface area contributed by atoms with Gasteiger partial charge < -0.3 is 14.2 Å². The quantitative estimate of drug-likeness (QED) is 0.768. The lowest BCUT2D eigenvalue weighted by Crippen LogP contribution is -2.44. The largest absolute Gasteiger partial charge is 0.447 e. The van der Waals surface area contributed by atoms with E-state index in [4.69, 9.17) is 14.2 Å². The monoisotopic (exact) mass is 372 g/mol. The summed E-state index contributed by atoms with van der Waals surface area (Å²) in [6.45, 7) is 2.61. The molecule has 3 atom stereocenters. The molecule has 0 aliphatic carbocycles. The fraction of sp³-hybridized carbons (Fsp3) is 0.250. The van der Waals surface area contributed by atoms with Crippen LogP contribution in [0.25, 0.3) is 0 Å². The van der Waals surface area contributed by atoms with Gasteiger partial charge in [0.1, 0.15) is 0 Å². The Morgan fingerprint density at radius 1 is 1.00 bits per heavy atom. The smallest absolute Gasteiger partial charge is 0.351 e. The number of benzene rings is 2. The molecular weight excluding hydrogens is 355 g/mol. The number of alkyl halides is 1. The maximum atomic E-state index is 14.8. The van der Waals surface area contributed by atoms with E-state index in [1.807, 2.05) is 0 Å². The average Bonchev–Trinajstić information content (AvgIpc) is 2.85. The molecule has 0 aromatic heterocycles. The minimum atomic E-state index is -2.65. The minimum absolute atomic E-state index is 0.164. The predicted octanol–water partition coefficient (Wildman–Crippen LogP) is 2.99. The fourth-order valence-electron chi connectivity index (χ4n) is 2.63. The standard InChI is InChI=1S/C20H17FO6/c1-12-8-6-7-11-14(12)17(23)26-18-15(20(2,21)19(24)27-18)25-16(22)13-9-4-3-5-10-13/h3-11,15,18H,1-2H3/t15-,18-,20-/m1/s1. The van der Waals surface area contributed by atoms with Gasteiger partial charge >= 0.3 is 17.9 Å². The number of hydrogen-bond acceptors (Lipinski definition) is 6. The Morgan fingerprint density at radius 2 is 1.63 bits per heavy atom. The van der Waals surface area contributed by atoms with Crippen LogP contribution in [0.2, 0.25) is 0 Å². The molecule has 2 aromatic rings. The Balaban J connectivity index is 1.81. The number of rotatable bonds is 4. The van der Waals surface area contributed by atoms with Crippen LogP contribution in [0.1, 0.15) is 33.2 Å². The maximum Gasteiger partial charge on any atom is 0.351 e. The van der Waals surface area contributed by atoms with Gasteiger partial charge in [-0.2, -0.15) is 0 Å². The van der Waals surface area contributed by atoms with Gasteiger partial charge in [-0.1, -0.05) is 36.4 Å². The summed E-state index contributed by atoms with van der Waals surface area (Å²) in [5, 5.41) is 0. The lowest BCUT2D eigenvalue weighted by atomic mass is 10.0. The van der Waals surface area contributed by atoms with Crippen molar-refractivity contribution in [3.05, 3.63) is 71.3 Å². The van der Waals surface area contributed by atoms with Crippen LogP contribution >= 0.6 is 0 Å². The van der Waals surface area contributed by atoms with Crippen molar-refractivity contribution in [3.8, 4) is 0 Å². The highest BCUT2D eigenvalue weighted by atomic mass is 19.1. The first-order valence-corrected chi connectivity index (χ1v) is 8.23. The van der Waals surface area contributed by atoms with Gasteiger partial charge in [0.2, 0.25) is 11.8 Å². The maximum absolute atomic E-state index is 14.8. The molecule has 0 bridgehead atoms. The second kappa shape index (κ2) is 7.19. The number of ether oxygens (including phenoxy) is 3. The van der Waals surface area contributed by atoms with Crippen molar-refractivity contribution in [2.75, 3.05) is 0 Å². The molecule has 27 heavy (non-hydrogen) atoms. The Bertz CT molecular complexity index is 877.